The topological polar surface area (TPSA) is 116 Å². The molecule has 1 atom stereocenters. The van der Waals surface area contributed by atoms with Gasteiger partial charge in [0.1, 0.15) is 5.75 Å². The zero-order chi connectivity index (χ0) is 14.3. The number of benzene rings is 1. The highest BCUT2D eigenvalue weighted by Gasteiger charge is 2.29. The van der Waals surface area contributed by atoms with Gasteiger partial charge in [-0.3, -0.25) is 9.32 Å². The Bertz CT molecular complexity index is 461. The van der Waals surface area contributed by atoms with Gasteiger partial charge < -0.3 is 20.4 Å². The smallest absolute Gasteiger partial charge is 0.415 e. The molecular weight excluding hydrogens is 273 g/mol. The molecule has 1 aromatic rings. The van der Waals surface area contributed by atoms with Crippen LogP contribution in [0.25, 0.3) is 0 Å². The van der Waals surface area contributed by atoms with E-state index >= 15 is 0 Å². The Labute approximate surface area is 110 Å². The van der Waals surface area contributed by atoms with Crippen LogP contribution in [0, 0.1) is 0 Å². The number of nitrogens with one attached hydrogen (secondary N) is 1. The molecule has 0 saturated carbocycles. The second-order valence-corrected chi connectivity index (χ2v) is 5.43. The summed E-state index contributed by atoms with van der Waals surface area (Å²) >= 11 is 0. The van der Waals surface area contributed by atoms with E-state index < -0.39 is 19.9 Å². The molecular formula is C11H16NO6P. The first kappa shape index (κ1) is 15.7. The number of phenols is 1. The average molecular weight is 289 g/mol. The Hall–Kier alpha value is -1.40. The highest BCUT2D eigenvalue weighted by Crippen LogP contribution is 2.42. The number of aromatic hydroxyl groups is 1. The van der Waals surface area contributed by atoms with Crippen molar-refractivity contribution in [3.05, 3.63) is 29.8 Å². The number of hydrogen-bond acceptors (Lipinski definition) is 5. The summed E-state index contributed by atoms with van der Waals surface area (Å²) in [4.78, 5) is 20.6. The molecule has 106 valence electrons. The molecule has 1 amide bonds. The number of carbonyl (C=O) groups excluding carboxylic acids is 1. The predicted molar refractivity (Wildman–Crippen MR) is 68.1 cm³/mol. The lowest BCUT2D eigenvalue weighted by molar-refractivity contribution is 0.181. The number of aliphatic hydroxyl groups excluding tert-OH is 1. The Balaban J connectivity index is 2.38. The van der Waals surface area contributed by atoms with Crippen LogP contribution in [0.4, 0.5) is 4.79 Å². The first-order chi connectivity index (χ1) is 8.95. The minimum absolute atomic E-state index is 0.144. The van der Waals surface area contributed by atoms with Crippen molar-refractivity contribution in [3.8, 4) is 5.75 Å². The van der Waals surface area contributed by atoms with Crippen LogP contribution in [0.15, 0.2) is 24.3 Å². The van der Waals surface area contributed by atoms with Gasteiger partial charge in [-0.2, -0.15) is 0 Å². The molecule has 7 nitrogen and oxygen atoms in total. The van der Waals surface area contributed by atoms with Gasteiger partial charge in [-0.05, 0) is 24.1 Å². The maximum atomic E-state index is 11.3. The molecule has 0 radical (unpaired) electrons. The lowest BCUT2D eigenvalue weighted by Crippen LogP contribution is -2.25. The first-order valence-electron chi connectivity index (χ1n) is 5.60. The van der Waals surface area contributed by atoms with Crippen molar-refractivity contribution in [2.24, 2.45) is 0 Å². The highest BCUT2D eigenvalue weighted by molar-refractivity contribution is 7.70. The summed E-state index contributed by atoms with van der Waals surface area (Å²) in [5.74, 6) is 0.144. The van der Waals surface area contributed by atoms with Crippen LogP contribution in [-0.4, -0.2) is 40.5 Å². The molecule has 4 N–H and O–H groups in total. The monoisotopic (exact) mass is 289 g/mol. The van der Waals surface area contributed by atoms with Crippen molar-refractivity contribution in [1.29, 1.82) is 0 Å². The zero-order valence-electron chi connectivity index (χ0n) is 10.2. The molecule has 0 spiro atoms. The third-order valence-electron chi connectivity index (χ3n) is 2.24. The second kappa shape index (κ2) is 7.25. The minimum Gasteiger partial charge on any atom is -0.508 e. The molecule has 1 aromatic carbocycles. The molecule has 19 heavy (non-hydrogen) atoms. The Kier molecular flexibility index (Phi) is 5.98. The molecule has 0 aromatic heterocycles. The molecule has 8 heteroatoms. The second-order valence-electron chi connectivity index (χ2n) is 3.73. The molecule has 0 aliphatic heterocycles. The van der Waals surface area contributed by atoms with E-state index in [2.05, 4.69) is 9.84 Å². The summed E-state index contributed by atoms with van der Waals surface area (Å²) in [6.07, 6.45) is 0.450. The number of rotatable bonds is 7. The van der Waals surface area contributed by atoms with E-state index in [-0.39, 0.29) is 18.9 Å². The number of amides is 1. The van der Waals surface area contributed by atoms with Crippen molar-refractivity contribution in [2.45, 2.75) is 6.42 Å². The summed E-state index contributed by atoms with van der Waals surface area (Å²) in [6, 6.07) is 6.39. The predicted octanol–water partition coefficient (Wildman–Crippen LogP) is 0.839. The SMILES string of the molecule is O=C(NCCc1ccc(O)cc1)P(=O)(O)OCCO. The molecule has 0 aliphatic carbocycles. The highest BCUT2D eigenvalue weighted by atomic mass is 31.2. The number of carbonyl (C=O) groups is 1. The van der Waals surface area contributed by atoms with Gasteiger partial charge in [-0.15, -0.1) is 0 Å². The van der Waals surface area contributed by atoms with Gasteiger partial charge in [-0.1, -0.05) is 12.1 Å². The molecule has 0 heterocycles. The van der Waals surface area contributed by atoms with Crippen LogP contribution in [-0.2, 0) is 15.5 Å². The Morgan fingerprint density at radius 3 is 2.53 bits per heavy atom. The third-order valence-corrected chi connectivity index (χ3v) is 3.44. The fourth-order valence-electron chi connectivity index (χ4n) is 1.30. The van der Waals surface area contributed by atoms with Gasteiger partial charge in [0.25, 0.3) is 0 Å². The van der Waals surface area contributed by atoms with E-state index in [0.717, 1.165) is 5.56 Å². The largest absolute Gasteiger partial charge is 0.508 e. The van der Waals surface area contributed by atoms with Crippen molar-refractivity contribution in [1.82, 2.24) is 5.32 Å². The Morgan fingerprint density at radius 1 is 1.32 bits per heavy atom. The van der Waals surface area contributed by atoms with E-state index in [1.807, 2.05) is 0 Å². The van der Waals surface area contributed by atoms with Crippen molar-refractivity contribution < 1.29 is 29.0 Å². The van der Waals surface area contributed by atoms with Gasteiger partial charge in [0.05, 0.1) is 13.2 Å². The maximum absolute atomic E-state index is 11.3. The first-order valence-corrected chi connectivity index (χ1v) is 7.18. The summed E-state index contributed by atoms with van der Waals surface area (Å²) in [7, 11) is -4.38. The van der Waals surface area contributed by atoms with Crippen LogP contribution in [0.3, 0.4) is 0 Å². The standard InChI is InChI=1S/C11H16NO6P/c13-7-8-18-19(16,17)11(15)12-6-5-9-1-3-10(14)4-2-9/h1-4,13-14H,5-8H2,(H,12,15)(H,16,17). The van der Waals surface area contributed by atoms with E-state index in [1.165, 1.54) is 12.1 Å². The Morgan fingerprint density at radius 2 is 1.95 bits per heavy atom. The summed E-state index contributed by atoms with van der Waals surface area (Å²) in [5, 5.41) is 19.8. The van der Waals surface area contributed by atoms with E-state index in [0.29, 0.717) is 6.42 Å². The fourth-order valence-corrected chi connectivity index (χ4v) is 2.06. The number of phenolic OH excluding ortho intramolecular Hbond substituents is 1. The van der Waals surface area contributed by atoms with Crippen molar-refractivity contribution in [2.75, 3.05) is 19.8 Å². The fraction of sp³-hybridized carbons (Fsp3) is 0.364. The summed E-state index contributed by atoms with van der Waals surface area (Å²) < 4.78 is 15.7. The molecule has 0 bridgehead atoms. The van der Waals surface area contributed by atoms with Crippen LogP contribution in [0.5, 0.6) is 5.75 Å². The molecule has 1 rings (SSSR count). The molecule has 1 unspecified atom stereocenters. The van der Waals surface area contributed by atoms with Gasteiger partial charge in [0, 0.05) is 6.54 Å². The zero-order valence-corrected chi connectivity index (χ0v) is 11.0. The van der Waals surface area contributed by atoms with Gasteiger partial charge in [0.15, 0.2) is 0 Å². The summed E-state index contributed by atoms with van der Waals surface area (Å²) in [6.45, 7) is -0.652. The number of aliphatic hydroxyl groups is 1. The normalized spacial score (nSPS) is 13.8. The van der Waals surface area contributed by atoms with E-state index in [4.69, 9.17) is 10.2 Å². The van der Waals surface area contributed by atoms with Gasteiger partial charge in [0.2, 0.25) is 0 Å². The maximum Gasteiger partial charge on any atom is 0.415 e. The number of hydrogen-bond donors (Lipinski definition) is 4. The van der Waals surface area contributed by atoms with E-state index in [9.17, 15) is 14.3 Å². The van der Waals surface area contributed by atoms with Crippen molar-refractivity contribution in [3.63, 3.8) is 0 Å². The van der Waals surface area contributed by atoms with Crippen LogP contribution >= 0.6 is 7.60 Å². The van der Waals surface area contributed by atoms with Gasteiger partial charge >= 0.3 is 13.2 Å². The third kappa shape index (κ3) is 5.40. The summed E-state index contributed by atoms with van der Waals surface area (Å²) in [5.41, 5.74) is -0.234. The molecule has 0 aliphatic rings. The molecule has 0 fully saturated rings. The van der Waals surface area contributed by atoms with Crippen LogP contribution in [0.2, 0.25) is 0 Å². The molecule has 0 saturated heterocycles. The quantitative estimate of drug-likeness (QED) is 0.553. The van der Waals surface area contributed by atoms with Crippen LogP contribution < -0.4 is 5.32 Å². The van der Waals surface area contributed by atoms with Crippen LogP contribution in [0.1, 0.15) is 5.56 Å². The lowest BCUT2D eigenvalue weighted by Gasteiger charge is -2.11. The average Bonchev–Trinajstić information content (AvgIpc) is 2.38. The van der Waals surface area contributed by atoms with Gasteiger partial charge in [-0.25, -0.2) is 4.57 Å². The van der Waals surface area contributed by atoms with Crippen molar-refractivity contribution >= 4 is 13.2 Å². The lowest BCUT2D eigenvalue weighted by atomic mass is 10.1. The van der Waals surface area contributed by atoms with E-state index in [1.54, 1.807) is 12.1 Å². The minimum atomic E-state index is -4.38.